The maximum Gasteiger partial charge on any atom is 0.306 e. The van der Waals surface area contributed by atoms with E-state index in [-0.39, 0.29) is 5.82 Å². The zero-order chi connectivity index (χ0) is 13.4. The highest BCUT2D eigenvalue weighted by molar-refractivity contribution is 5.70. The highest BCUT2D eigenvalue weighted by Crippen LogP contribution is 2.14. The molecule has 0 saturated heterocycles. The average Bonchev–Trinajstić information content (AvgIpc) is 2.35. The van der Waals surface area contributed by atoms with Crippen LogP contribution in [-0.2, 0) is 16.0 Å². The summed E-state index contributed by atoms with van der Waals surface area (Å²) in [5.74, 6) is -1.62. The largest absolute Gasteiger partial charge is 0.481 e. The molecule has 0 saturated carbocycles. The fourth-order valence-electron chi connectivity index (χ4n) is 1.69. The minimum Gasteiger partial charge on any atom is -0.481 e. The Morgan fingerprint density at radius 3 is 2.56 bits per heavy atom. The normalized spacial score (nSPS) is 12.3. The average molecular weight is 254 g/mol. The number of carboxylic acids is 1. The van der Waals surface area contributed by atoms with Gasteiger partial charge >= 0.3 is 5.97 Å². The third-order valence-electron chi connectivity index (χ3n) is 2.70. The number of aliphatic carboxylic acids is 1. The lowest BCUT2D eigenvalue weighted by Gasteiger charge is -2.12. The van der Waals surface area contributed by atoms with Crippen LogP contribution in [0.25, 0.3) is 0 Å². The lowest BCUT2D eigenvalue weighted by atomic mass is 9.97. The van der Waals surface area contributed by atoms with E-state index in [2.05, 4.69) is 0 Å². The first-order valence-electron chi connectivity index (χ1n) is 6.18. The maximum atomic E-state index is 12.7. The van der Waals surface area contributed by atoms with Gasteiger partial charge in [-0.15, -0.1) is 0 Å². The second-order valence-corrected chi connectivity index (χ2v) is 4.27. The third-order valence-corrected chi connectivity index (χ3v) is 2.70. The van der Waals surface area contributed by atoms with E-state index in [0.717, 1.165) is 12.0 Å². The van der Waals surface area contributed by atoms with Gasteiger partial charge in [-0.2, -0.15) is 0 Å². The molecule has 0 fully saturated rings. The zero-order valence-electron chi connectivity index (χ0n) is 10.6. The van der Waals surface area contributed by atoms with Crippen LogP contribution in [0, 0.1) is 11.7 Å². The summed E-state index contributed by atoms with van der Waals surface area (Å²) < 4.78 is 18.0. The van der Waals surface area contributed by atoms with Crippen LogP contribution >= 0.6 is 0 Å². The summed E-state index contributed by atoms with van der Waals surface area (Å²) in [7, 11) is 0. The summed E-state index contributed by atoms with van der Waals surface area (Å²) in [4.78, 5) is 11.1. The van der Waals surface area contributed by atoms with Gasteiger partial charge in [0.25, 0.3) is 0 Å². The molecule has 4 heteroatoms. The summed E-state index contributed by atoms with van der Waals surface area (Å²) >= 11 is 0. The molecule has 0 aliphatic carbocycles. The fourth-order valence-corrected chi connectivity index (χ4v) is 1.69. The van der Waals surface area contributed by atoms with Crippen LogP contribution in [0.5, 0.6) is 0 Å². The lowest BCUT2D eigenvalue weighted by molar-refractivity contribution is -0.142. The molecule has 0 aliphatic heterocycles. The smallest absolute Gasteiger partial charge is 0.306 e. The molecule has 100 valence electrons. The molecule has 0 bridgehead atoms. The van der Waals surface area contributed by atoms with Crippen LogP contribution in [0.15, 0.2) is 24.3 Å². The molecule has 0 aliphatic rings. The van der Waals surface area contributed by atoms with Crippen LogP contribution in [-0.4, -0.2) is 24.3 Å². The number of carbonyl (C=O) groups is 1. The highest BCUT2D eigenvalue weighted by Gasteiger charge is 2.17. The Morgan fingerprint density at radius 1 is 1.33 bits per heavy atom. The van der Waals surface area contributed by atoms with Gasteiger partial charge in [-0.1, -0.05) is 19.1 Å². The maximum absolute atomic E-state index is 12.7. The van der Waals surface area contributed by atoms with Gasteiger partial charge in [0.2, 0.25) is 0 Å². The van der Waals surface area contributed by atoms with E-state index in [9.17, 15) is 9.18 Å². The van der Waals surface area contributed by atoms with Gasteiger partial charge in [-0.05, 0) is 37.0 Å². The summed E-state index contributed by atoms with van der Waals surface area (Å²) in [6, 6.07) is 5.94. The van der Waals surface area contributed by atoms with Crippen molar-refractivity contribution in [2.24, 2.45) is 5.92 Å². The van der Waals surface area contributed by atoms with Crippen molar-refractivity contribution in [3.63, 3.8) is 0 Å². The van der Waals surface area contributed by atoms with Crippen LogP contribution in [0.3, 0.4) is 0 Å². The topological polar surface area (TPSA) is 46.5 Å². The minimum absolute atomic E-state index is 0.308. The number of ether oxygens (including phenoxy) is 1. The van der Waals surface area contributed by atoms with Crippen molar-refractivity contribution in [2.45, 2.75) is 26.2 Å². The minimum atomic E-state index is -0.834. The van der Waals surface area contributed by atoms with E-state index in [1.54, 1.807) is 12.1 Å². The van der Waals surface area contributed by atoms with Crippen molar-refractivity contribution in [3.05, 3.63) is 35.6 Å². The quantitative estimate of drug-likeness (QED) is 0.725. The number of rotatable bonds is 8. The molecule has 1 aromatic rings. The van der Waals surface area contributed by atoms with Crippen LogP contribution in [0.1, 0.15) is 25.3 Å². The van der Waals surface area contributed by atoms with E-state index >= 15 is 0 Å². The van der Waals surface area contributed by atoms with Crippen molar-refractivity contribution in [1.29, 1.82) is 0 Å². The SMILES string of the molecule is CCCOCCC(Cc1ccc(F)cc1)C(=O)O. The molecule has 3 nitrogen and oxygen atoms in total. The molecule has 1 atom stereocenters. The van der Waals surface area contributed by atoms with Crippen LogP contribution < -0.4 is 0 Å². The molecule has 1 aromatic carbocycles. The number of carboxylic acid groups (broad SMARTS) is 1. The molecule has 18 heavy (non-hydrogen) atoms. The standard InChI is InChI=1S/C14H19FO3/c1-2-8-18-9-7-12(14(16)17)10-11-3-5-13(15)6-4-11/h3-6,12H,2,7-10H2,1H3,(H,16,17). The number of benzene rings is 1. The van der Waals surface area contributed by atoms with E-state index in [4.69, 9.17) is 9.84 Å². The molecule has 1 unspecified atom stereocenters. The van der Waals surface area contributed by atoms with E-state index in [0.29, 0.717) is 26.1 Å². The molecule has 0 heterocycles. The van der Waals surface area contributed by atoms with Crippen LogP contribution in [0.4, 0.5) is 4.39 Å². The lowest BCUT2D eigenvalue weighted by Crippen LogP contribution is -2.18. The number of halogens is 1. The second kappa shape index (κ2) is 7.82. The Bertz CT molecular complexity index is 362. The Balaban J connectivity index is 2.47. The second-order valence-electron chi connectivity index (χ2n) is 4.27. The first-order chi connectivity index (χ1) is 8.63. The molecule has 1 rings (SSSR count). The Hall–Kier alpha value is -1.42. The predicted molar refractivity (Wildman–Crippen MR) is 67.0 cm³/mol. The summed E-state index contributed by atoms with van der Waals surface area (Å²) in [6.45, 7) is 3.11. The monoisotopic (exact) mass is 254 g/mol. The van der Waals surface area contributed by atoms with Gasteiger partial charge in [0.15, 0.2) is 0 Å². The van der Waals surface area contributed by atoms with Gasteiger partial charge in [0.1, 0.15) is 5.82 Å². The van der Waals surface area contributed by atoms with Gasteiger partial charge in [0.05, 0.1) is 5.92 Å². The molecule has 0 spiro atoms. The van der Waals surface area contributed by atoms with E-state index < -0.39 is 11.9 Å². The molecule has 1 N–H and O–H groups in total. The molecular weight excluding hydrogens is 235 g/mol. The molecule has 0 aromatic heterocycles. The van der Waals surface area contributed by atoms with Crippen molar-refractivity contribution < 1.29 is 19.0 Å². The predicted octanol–water partition coefficient (Wildman–Crippen LogP) is 2.89. The van der Waals surface area contributed by atoms with E-state index in [1.807, 2.05) is 6.92 Å². The molecule has 0 radical (unpaired) electrons. The Labute approximate surface area is 107 Å². The summed E-state index contributed by atoms with van der Waals surface area (Å²) in [5.41, 5.74) is 0.833. The van der Waals surface area contributed by atoms with Gasteiger partial charge in [0, 0.05) is 13.2 Å². The fraction of sp³-hybridized carbons (Fsp3) is 0.500. The van der Waals surface area contributed by atoms with Crippen LogP contribution in [0.2, 0.25) is 0 Å². The summed E-state index contributed by atoms with van der Waals surface area (Å²) in [5, 5.41) is 9.12. The molecule has 0 amide bonds. The Morgan fingerprint density at radius 2 is 2.00 bits per heavy atom. The first-order valence-corrected chi connectivity index (χ1v) is 6.18. The first kappa shape index (κ1) is 14.6. The van der Waals surface area contributed by atoms with Crippen molar-refractivity contribution in [2.75, 3.05) is 13.2 Å². The van der Waals surface area contributed by atoms with E-state index in [1.165, 1.54) is 12.1 Å². The van der Waals surface area contributed by atoms with Crippen molar-refractivity contribution >= 4 is 5.97 Å². The van der Waals surface area contributed by atoms with Gasteiger partial charge in [-0.3, -0.25) is 4.79 Å². The summed E-state index contributed by atoms with van der Waals surface area (Å²) in [6.07, 6.45) is 1.81. The number of hydrogen-bond donors (Lipinski definition) is 1. The number of hydrogen-bond acceptors (Lipinski definition) is 2. The van der Waals surface area contributed by atoms with Gasteiger partial charge in [-0.25, -0.2) is 4.39 Å². The van der Waals surface area contributed by atoms with Crippen molar-refractivity contribution in [3.8, 4) is 0 Å². The van der Waals surface area contributed by atoms with Gasteiger partial charge < -0.3 is 9.84 Å². The van der Waals surface area contributed by atoms with Crippen molar-refractivity contribution in [1.82, 2.24) is 0 Å². The highest BCUT2D eigenvalue weighted by atomic mass is 19.1. The third kappa shape index (κ3) is 5.27. The zero-order valence-corrected chi connectivity index (χ0v) is 10.6. The molecular formula is C14H19FO3. The Kier molecular flexibility index (Phi) is 6.36.